The summed E-state index contributed by atoms with van der Waals surface area (Å²) in [5, 5.41) is 12.8. The first-order chi connectivity index (χ1) is 11.1. The molecular weight excluding hydrogens is 299 g/mol. The molecular formula is C17H23FN2O3. The molecule has 2 unspecified atom stereocenters. The van der Waals surface area contributed by atoms with Gasteiger partial charge in [-0.15, -0.1) is 0 Å². The number of aliphatic hydroxyl groups is 1. The number of morpholine rings is 1. The fourth-order valence-electron chi connectivity index (χ4n) is 2.94. The topological polar surface area (TPSA) is 61.8 Å². The standard InChI is InChI=1S/C17H23FN2O3/c18-13-3-1-2-12(8-13)16(21)9-17(22)19-10-15-11-20(6-7-23-15)14-4-5-14/h1-3,8,14-16,21H,4-7,9-11H2,(H,19,22). The number of rotatable bonds is 6. The van der Waals surface area contributed by atoms with Gasteiger partial charge in [0.1, 0.15) is 5.82 Å². The summed E-state index contributed by atoms with van der Waals surface area (Å²) in [6.45, 7) is 2.95. The maximum absolute atomic E-state index is 13.1. The van der Waals surface area contributed by atoms with Crippen LogP contribution in [0.2, 0.25) is 0 Å². The highest BCUT2D eigenvalue weighted by molar-refractivity contribution is 5.76. The molecule has 1 aromatic rings. The molecule has 6 heteroatoms. The van der Waals surface area contributed by atoms with Gasteiger partial charge in [-0.3, -0.25) is 9.69 Å². The molecule has 1 saturated heterocycles. The van der Waals surface area contributed by atoms with Crippen LogP contribution in [0.25, 0.3) is 0 Å². The highest BCUT2D eigenvalue weighted by Gasteiger charge is 2.33. The van der Waals surface area contributed by atoms with Crippen LogP contribution in [-0.4, -0.2) is 54.3 Å². The Bertz CT molecular complexity index is 550. The number of carbonyl (C=O) groups excluding carboxylic acids is 1. The zero-order valence-corrected chi connectivity index (χ0v) is 13.1. The third-order valence-corrected chi connectivity index (χ3v) is 4.37. The first kappa shape index (κ1) is 16.4. The summed E-state index contributed by atoms with van der Waals surface area (Å²) in [6.07, 6.45) is 1.45. The van der Waals surface area contributed by atoms with E-state index in [1.807, 2.05) is 0 Å². The second kappa shape index (κ2) is 7.38. The summed E-state index contributed by atoms with van der Waals surface area (Å²) in [6, 6.07) is 6.39. The molecule has 2 N–H and O–H groups in total. The van der Waals surface area contributed by atoms with Crippen molar-refractivity contribution in [1.29, 1.82) is 0 Å². The number of nitrogens with one attached hydrogen (secondary N) is 1. The third-order valence-electron chi connectivity index (χ3n) is 4.37. The predicted octanol–water partition coefficient (Wildman–Crippen LogP) is 1.23. The maximum Gasteiger partial charge on any atom is 0.223 e. The summed E-state index contributed by atoms with van der Waals surface area (Å²) < 4.78 is 18.8. The Morgan fingerprint density at radius 2 is 2.30 bits per heavy atom. The minimum absolute atomic E-state index is 0.000359. The van der Waals surface area contributed by atoms with Crippen LogP contribution in [0.1, 0.15) is 30.9 Å². The van der Waals surface area contributed by atoms with Crippen molar-refractivity contribution < 1.29 is 19.0 Å². The highest BCUT2D eigenvalue weighted by atomic mass is 19.1. The number of hydrogen-bond acceptors (Lipinski definition) is 4. The van der Waals surface area contributed by atoms with E-state index in [2.05, 4.69) is 10.2 Å². The number of benzene rings is 1. The summed E-state index contributed by atoms with van der Waals surface area (Å²) in [7, 11) is 0. The van der Waals surface area contributed by atoms with E-state index >= 15 is 0 Å². The fourth-order valence-corrected chi connectivity index (χ4v) is 2.94. The number of aliphatic hydroxyl groups excluding tert-OH is 1. The molecule has 2 atom stereocenters. The van der Waals surface area contributed by atoms with Gasteiger partial charge in [0.15, 0.2) is 0 Å². The van der Waals surface area contributed by atoms with Gasteiger partial charge < -0.3 is 15.2 Å². The monoisotopic (exact) mass is 322 g/mol. The SMILES string of the molecule is O=C(CC(O)c1cccc(F)c1)NCC1CN(C2CC2)CCO1. The Morgan fingerprint density at radius 3 is 3.04 bits per heavy atom. The van der Waals surface area contributed by atoms with E-state index in [4.69, 9.17) is 4.74 Å². The second-order valence-corrected chi connectivity index (χ2v) is 6.30. The van der Waals surface area contributed by atoms with Gasteiger partial charge in [-0.2, -0.15) is 0 Å². The summed E-state index contributed by atoms with van der Waals surface area (Å²) in [5.74, 6) is -0.674. The van der Waals surface area contributed by atoms with Crippen LogP contribution in [0.5, 0.6) is 0 Å². The van der Waals surface area contributed by atoms with Crippen LogP contribution < -0.4 is 5.32 Å². The molecule has 1 heterocycles. The Balaban J connectivity index is 1.42. The van der Waals surface area contributed by atoms with E-state index in [-0.39, 0.29) is 18.4 Å². The fraction of sp³-hybridized carbons (Fsp3) is 0.588. The molecule has 0 bridgehead atoms. The molecule has 2 fully saturated rings. The smallest absolute Gasteiger partial charge is 0.223 e. The second-order valence-electron chi connectivity index (χ2n) is 6.30. The predicted molar refractivity (Wildman–Crippen MR) is 83.3 cm³/mol. The number of amides is 1. The molecule has 23 heavy (non-hydrogen) atoms. The van der Waals surface area contributed by atoms with Crippen LogP contribution in [0.3, 0.4) is 0 Å². The molecule has 0 spiro atoms. The minimum Gasteiger partial charge on any atom is -0.388 e. The summed E-state index contributed by atoms with van der Waals surface area (Å²) in [5.41, 5.74) is 0.411. The van der Waals surface area contributed by atoms with Crippen molar-refractivity contribution in [2.24, 2.45) is 0 Å². The van der Waals surface area contributed by atoms with E-state index < -0.39 is 11.9 Å². The largest absolute Gasteiger partial charge is 0.388 e. The van der Waals surface area contributed by atoms with Gasteiger partial charge in [0, 0.05) is 25.7 Å². The third kappa shape index (κ3) is 4.73. The number of nitrogens with zero attached hydrogens (tertiary/aromatic N) is 1. The molecule has 126 valence electrons. The first-order valence-electron chi connectivity index (χ1n) is 8.17. The molecule has 2 aliphatic rings. The van der Waals surface area contributed by atoms with Crippen LogP contribution >= 0.6 is 0 Å². The van der Waals surface area contributed by atoms with Gasteiger partial charge in [0.25, 0.3) is 0 Å². The lowest BCUT2D eigenvalue weighted by molar-refractivity contribution is -0.124. The Labute approximate surface area is 135 Å². The molecule has 0 aromatic heterocycles. The van der Waals surface area contributed by atoms with Gasteiger partial charge in [-0.25, -0.2) is 4.39 Å². The molecule has 1 saturated carbocycles. The number of hydrogen-bond donors (Lipinski definition) is 2. The first-order valence-corrected chi connectivity index (χ1v) is 8.17. The van der Waals surface area contributed by atoms with E-state index in [1.165, 1.54) is 31.0 Å². The van der Waals surface area contributed by atoms with Crippen molar-refractivity contribution in [1.82, 2.24) is 10.2 Å². The lowest BCUT2D eigenvalue weighted by Crippen LogP contribution is -2.48. The van der Waals surface area contributed by atoms with Crippen LogP contribution in [0.15, 0.2) is 24.3 Å². The van der Waals surface area contributed by atoms with Crippen LogP contribution in [0, 0.1) is 5.82 Å². The van der Waals surface area contributed by atoms with Crippen LogP contribution in [0.4, 0.5) is 4.39 Å². The van der Waals surface area contributed by atoms with Crippen molar-refractivity contribution in [2.45, 2.75) is 37.5 Å². The lowest BCUT2D eigenvalue weighted by atomic mass is 10.1. The number of carbonyl (C=O) groups is 1. The average Bonchev–Trinajstić information content (AvgIpc) is 3.38. The molecule has 1 aliphatic heterocycles. The van der Waals surface area contributed by atoms with Gasteiger partial charge in [0.2, 0.25) is 5.91 Å². The van der Waals surface area contributed by atoms with Crippen molar-refractivity contribution >= 4 is 5.91 Å². The van der Waals surface area contributed by atoms with Gasteiger partial charge >= 0.3 is 0 Å². The zero-order chi connectivity index (χ0) is 16.2. The number of ether oxygens (including phenoxy) is 1. The maximum atomic E-state index is 13.1. The molecule has 0 radical (unpaired) electrons. The van der Waals surface area contributed by atoms with Crippen molar-refractivity contribution in [2.75, 3.05) is 26.2 Å². The lowest BCUT2D eigenvalue weighted by Gasteiger charge is -2.33. The average molecular weight is 322 g/mol. The Morgan fingerprint density at radius 1 is 1.48 bits per heavy atom. The summed E-state index contributed by atoms with van der Waals surface area (Å²) >= 11 is 0. The van der Waals surface area contributed by atoms with Gasteiger partial charge in [-0.05, 0) is 30.5 Å². The molecule has 1 amide bonds. The van der Waals surface area contributed by atoms with E-state index in [0.717, 1.165) is 13.1 Å². The Hall–Kier alpha value is -1.50. The molecule has 3 rings (SSSR count). The molecule has 1 aliphatic carbocycles. The highest BCUT2D eigenvalue weighted by Crippen LogP contribution is 2.28. The quantitative estimate of drug-likeness (QED) is 0.827. The Kier molecular flexibility index (Phi) is 5.25. The summed E-state index contributed by atoms with van der Waals surface area (Å²) in [4.78, 5) is 14.4. The van der Waals surface area contributed by atoms with Crippen molar-refractivity contribution in [3.8, 4) is 0 Å². The van der Waals surface area contributed by atoms with E-state index in [9.17, 15) is 14.3 Å². The van der Waals surface area contributed by atoms with Crippen LogP contribution in [-0.2, 0) is 9.53 Å². The van der Waals surface area contributed by atoms with Crippen molar-refractivity contribution in [3.63, 3.8) is 0 Å². The zero-order valence-electron chi connectivity index (χ0n) is 13.1. The number of halogens is 1. The van der Waals surface area contributed by atoms with Gasteiger partial charge in [-0.1, -0.05) is 12.1 Å². The van der Waals surface area contributed by atoms with E-state index in [1.54, 1.807) is 6.07 Å². The molecule has 5 nitrogen and oxygen atoms in total. The minimum atomic E-state index is -0.999. The normalized spacial score (nSPS) is 23.5. The van der Waals surface area contributed by atoms with E-state index in [0.29, 0.717) is 24.8 Å². The molecule has 1 aromatic carbocycles. The van der Waals surface area contributed by atoms with Crippen molar-refractivity contribution in [3.05, 3.63) is 35.6 Å². The van der Waals surface area contributed by atoms with Gasteiger partial charge in [0.05, 0.1) is 25.2 Å².